The molecule has 1 unspecified atom stereocenters. The molecule has 0 spiro atoms. The van der Waals surface area contributed by atoms with E-state index in [0.717, 1.165) is 5.56 Å². The van der Waals surface area contributed by atoms with Crippen molar-refractivity contribution in [2.24, 2.45) is 0 Å². The Labute approximate surface area is 106 Å². The molecule has 0 heterocycles. The van der Waals surface area contributed by atoms with Gasteiger partial charge in [0.25, 0.3) is 0 Å². The number of ether oxygens (including phenoxy) is 1. The molecule has 4 heteroatoms. The molecular weight excluding hydrogens is 233 g/mol. The topological polar surface area (TPSA) is 50.1 Å². The quantitative estimate of drug-likeness (QED) is 0.770. The summed E-state index contributed by atoms with van der Waals surface area (Å²) in [4.78, 5) is 11.5. The van der Waals surface area contributed by atoms with Crippen LogP contribution in [0.2, 0.25) is 0 Å². The molecule has 1 aromatic rings. The maximum absolute atomic E-state index is 14.3. The Hall–Kier alpha value is -1.89. The average molecular weight is 249 g/mol. The first-order chi connectivity index (χ1) is 8.45. The van der Waals surface area contributed by atoms with Crippen LogP contribution < -0.4 is 0 Å². The van der Waals surface area contributed by atoms with Gasteiger partial charge in [0.15, 0.2) is 0 Å². The minimum atomic E-state index is -2.73. The van der Waals surface area contributed by atoms with E-state index in [0.29, 0.717) is 5.92 Å². The van der Waals surface area contributed by atoms with Gasteiger partial charge >= 0.3 is 11.6 Å². The van der Waals surface area contributed by atoms with Gasteiger partial charge in [-0.05, 0) is 18.4 Å². The van der Waals surface area contributed by atoms with Crippen LogP contribution >= 0.6 is 0 Å². The lowest BCUT2D eigenvalue weighted by Crippen LogP contribution is -2.31. The van der Waals surface area contributed by atoms with Crippen LogP contribution in [-0.4, -0.2) is 12.6 Å². The van der Waals surface area contributed by atoms with E-state index in [1.807, 2.05) is 13.8 Å². The van der Waals surface area contributed by atoms with Crippen molar-refractivity contribution in [3.05, 3.63) is 35.4 Å². The second-order valence-corrected chi connectivity index (χ2v) is 4.27. The van der Waals surface area contributed by atoms with Crippen molar-refractivity contribution in [1.29, 1.82) is 5.26 Å². The van der Waals surface area contributed by atoms with Crippen molar-refractivity contribution in [1.82, 2.24) is 0 Å². The van der Waals surface area contributed by atoms with Crippen LogP contribution in [0.3, 0.4) is 0 Å². The molecular formula is C14H16FNO2. The summed E-state index contributed by atoms with van der Waals surface area (Å²) in [5.74, 6) is -0.859. The summed E-state index contributed by atoms with van der Waals surface area (Å²) in [7, 11) is 0. The summed E-state index contributed by atoms with van der Waals surface area (Å²) in [5.41, 5.74) is -1.71. The zero-order valence-electron chi connectivity index (χ0n) is 10.7. The van der Waals surface area contributed by atoms with Gasteiger partial charge in [-0.2, -0.15) is 5.26 Å². The summed E-state index contributed by atoms with van der Waals surface area (Å²) in [5, 5.41) is 8.89. The molecule has 0 saturated heterocycles. The third kappa shape index (κ3) is 2.67. The maximum atomic E-state index is 14.3. The van der Waals surface area contributed by atoms with Gasteiger partial charge in [-0.25, -0.2) is 9.18 Å². The fraction of sp³-hybridized carbons (Fsp3) is 0.429. The van der Waals surface area contributed by atoms with Gasteiger partial charge in [0.2, 0.25) is 0 Å². The lowest BCUT2D eigenvalue weighted by atomic mass is 9.94. The zero-order valence-corrected chi connectivity index (χ0v) is 10.7. The van der Waals surface area contributed by atoms with Gasteiger partial charge in [-0.3, -0.25) is 0 Å². The predicted molar refractivity (Wildman–Crippen MR) is 65.6 cm³/mol. The van der Waals surface area contributed by atoms with Gasteiger partial charge in [-0.1, -0.05) is 38.1 Å². The summed E-state index contributed by atoms with van der Waals surface area (Å²) < 4.78 is 18.9. The average Bonchev–Trinajstić information content (AvgIpc) is 2.38. The normalized spacial score (nSPS) is 13.8. The summed E-state index contributed by atoms with van der Waals surface area (Å²) in [6.45, 7) is 5.62. The predicted octanol–water partition coefficient (Wildman–Crippen LogP) is 3.06. The van der Waals surface area contributed by atoms with E-state index in [1.165, 1.54) is 18.2 Å². The number of nitriles is 1. The maximum Gasteiger partial charge on any atom is 0.363 e. The van der Waals surface area contributed by atoms with Crippen LogP contribution in [0.25, 0.3) is 0 Å². The number of rotatable bonds is 4. The third-order valence-electron chi connectivity index (χ3n) is 2.69. The number of carbonyl (C=O) groups is 1. The first-order valence-corrected chi connectivity index (χ1v) is 5.83. The Kier molecular flexibility index (Phi) is 4.43. The van der Waals surface area contributed by atoms with Gasteiger partial charge in [0.05, 0.1) is 6.61 Å². The number of hydrogen-bond donors (Lipinski definition) is 0. The van der Waals surface area contributed by atoms with E-state index >= 15 is 0 Å². The Morgan fingerprint density at radius 3 is 2.39 bits per heavy atom. The fourth-order valence-electron chi connectivity index (χ4n) is 1.56. The molecule has 1 rings (SSSR count). The van der Waals surface area contributed by atoms with E-state index in [1.54, 1.807) is 19.1 Å². The Morgan fingerprint density at radius 1 is 1.44 bits per heavy atom. The molecule has 0 amide bonds. The first kappa shape index (κ1) is 14.2. The summed E-state index contributed by atoms with van der Waals surface area (Å²) in [6, 6.07) is 7.72. The molecule has 0 aliphatic heterocycles. The smallest absolute Gasteiger partial charge is 0.363 e. The van der Waals surface area contributed by atoms with Crippen LogP contribution in [-0.2, 0) is 15.2 Å². The number of carbonyl (C=O) groups excluding carboxylic acids is 1. The van der Waals surface area contributed by atoms with Crippen molar-refractivity contribution in [2.75, 3.05) is 6.61 Å². The molecule has 0 fully saturated rings. The highest BCUT2D eigenvalue weighted by atomic mass is 19.1. The number of esters is 1. The molecule has 96 valence electrons. The van der Waals surface area contributed by atoms with E-state index < -0.39 is 11.6 Å². The first-order valence-electron chi connectivity index (χ1n) is 5.83. The lowest BCUT2D eigenvalue weighted by Gasteiger charge is -2.16. The number of nitrogens with zero attached hydrogens (tertiary/aromatic N) is 1. The minimum absolute atomic E-state index is 0.00727. The van der Waals surface area contributed by atoms with Crippen LogP contribution in [0.5, 0.6) is 0 Å². The van der Waals surface area contributed by atoms with Crippen molar-refractivity contribution in [3.63, 3.8) is 0 Å². The van der Waals surface area contributed by atoms with E-state index in [4.69, 9.17) is 5.26 Å². The van der Waals surface area contributed by atoms with Gasteiger partial charge in [0.1, 0.15) is 6.07 Å². The second kappa shape index (κ2) is 5.63. The van der Waals surface area contributed by atoms with E-state index in [9.17, 15) is 9.18 Å². The number of halogens is 1. The Morgan fingerprint density at radius 2 is 2.00 bits per heavy atom. The van der Waals surface area contributed by atoms with E-state index in [2.05, 4.69) is 4.74 Å². The molecule has 0 aliphatic carbocycles. The van der Waals surface area contributed by atoms with Gasteiger partial charge < -0.3 is 4.74 Å². The highest BCUT2D eigenvalue weighted by Gasteiger charge is 2.42. The molecule has 18 heavy (non-hydrogen) atoms. The molecule has 0 radical (unpaired) electrons. The van der Waals surface area contributed by atoms with Crippen LogP contribution in [0.4, 0.5) is 4.39 Å². The Bertz CT molecular complexity index is 462. The standard InChI is InChI=1S/C14H16FNO2/c1-4-18-13(17)14(15,9-16)12-7-5-11(6-8-12)10(2)3/h5-8,10H,4H2,1-3H3. The largest absolute Gasteiger partial charge is 0.463 e. The zero-order chi connectivity index (χ0) is 13.8. The molecule has 0 saturated carbocycles. The van der Waals surface area contributed by atoms with Crippen LogP contribution in [0.1, 0.15) is 37.8 Å². The molecule has 0 aromatic heterocycles. The van der Waals surface area contributed by atoms with E-state index in [-0.39, 0.29) is 12.2 Å². The number of alkyl halides is 1. The molecule has 0 bridgehead atoms. The minimum Gasteiger partial charge on any atom is -0.463 e. The monoisotopic (exact) mass is 249 g/mol. The highest BCUT2D eigenvalue weighted by molar-refractivity contribution is 5.84. The van der Waals surface area contributed by atoms with Crippen molar-refractivity contribution < 1.29 is 13.9 Å². The van der Waals surface area contributed by atoms with Crippen LogP contribution in [0, 0.1) is 11.3 Å². The molecule has 0 aliphatic rings. The SMILES string of the molecule is CCOC(=O)C(F)(C#N)c1ccc(C(C)C)cc1. The highest BCUT2D eigenvalue weighted by Crippen LogP contribution is 2.28. The summed E-state index contributed by atoms with van der Waals surface area (Å²) >= 11 is 0. The lowest BCUT2D eigenvalue weighted by molar-refractivity contribution is -0.154. The fourth-order valence-corrected chi connectivity index (χ4v) is 1.56. The number of benzene rings is 1. The Balaban J connectivity index is 3.10. The molecule has 1 aromatic carbocycles. The second-order valence-electron chi connectivity index (χ2n) is 4.27. The van der Waals surface area contributed by atoms with Gasteiger partial charge in [-0.15, -0.1) is 0 Å². The molecule has 0 N–H and O–H groups in total. The summed E-state index contributed by atoms with van der Waals surface area (Å²) in [6.07, 6.45) is 0. The molecule has 1 atom stereocenters. The van der Waals surface area contributed by atoms with Crippen LogP contribution in [0.15, 0.2) is 24.3 Å². The third-order valence-corrected chi connectivity index (χ3v) is 2.69. The van der Waals surface area contributed by atoms with Gasteiger partial charge in [0, 0.05) is 5.56 Å². The van der Waals surface area contributed by atoms with Crippen molar-refractivity contribution in [3.8, 4) is 6.07 Å². The number of hydrogen-bond acceptors (Lipinski definition) is 3. The van der Waals surface area contributed by atoms with Crippen molar-refractivity contribution in [2.45, 2.75) is 32.4 Å². The van der Waals surface area contributed by atoms with Crippen molar-refractivity contribution >= 4 is 5.97 Å². The molecule has 3 nitrogen and oxygen atoms in total.